The van der Waals surface area contributed by atoms with Crippen LogP contribution in [0.5, 0.6) is 11.6 Å². The molecule has 1 aromatic carbocycles. The van der Waals surface area contributed by atoms with Crippen molar-refractivity contribution in [1.29, 1.82) is 0 Å². The van der Waals surface area contributed by atoms with E-state index in [1.54, 1.807) is 6.20 Å². The van der Waals surface area contributed by atoms with E-state index in [1.807, 2.05) is 44.2 Å². The van der Waals surface area contributed by atoms with Crippen LogP contribution in [0.4, 0.5) is 4.39 Å². The lowest BCUT2D eigenvalue weighted by Crippen LogP contribution is -2.09. The first-order valence-corrected chi connectivity index (χ1v) is 11.5. The number of allylic oxidation sites excluding steroid dienone is 1. The summed E-state index contributed by atoms with van der Waals surface area (Å²) in [5, 5.41) is 9.30. The summed E-state index contributed by atoms with van der Waals surface area (Å²) < 4.78 is 25.7. The second-order valence-electron chi connectivity index (χ2n) is 8.93. The van der Waals surface area contributed by atoms with Gasteiger partial charge in [-0.15, -0.1) is 0 Å². The molecule has 1 aliphatic rings. The van der Waals surface area contributed by atoms with E-state index in [1.165, 1.54) is 13.2 Å². The smallest absolute Gasteiger partial charge is 0.303 e. The quantitative estimate of drug-likeness (QED) is 0.403. The lowest BCUT2D eigenvalue weighted by Gasteiger charge is -2.16. The van der Waals surface area contributed by atoms with Crippen molar-refractivity contribution in [3.8, 4) is 22.9 Å². The number of carboxylic acids is 1. The van der Waals surface area contributed by atoms with Crippen molar-refractivity contribution in [1.82, 2.24) is 15.0 Å². The van der Waals surface area contributed by atoms with Crippen LogP contribution in [0.3, 0.4) is 0 Å². The van der Waals surface area contributed by atoms with Crippen LogP contribution in [-0.4, -0.2) is 33.1 Å². The van der Waals surface area contributed by atoms with Crippen molar-refractivity contribution in [2.24, 2.45) is 5.92 Å². The number of hydrogen-bond acceptors (Lipinski definition) is 6. The molecule has 182 valence electrons. The number of halogens is 1. The van der Waals surface area contributed by atoms with E-state index in [-0.39, 0.29) is 30.4 Å². The molecular weight excluding hydrogens is 449 g/mol. The van der Waals surface area contributed by atoms with Gasteiger partial charge in [-0.2, -0.15) is 0 Å². The zero-order valence-corrected chi connectivity index (χ0v) is 20.0. The monoisotopic (exact) mass is 477 g/mol. The highest BCUT2D eigenvalue weighted by Crippen LogP contribution is 2.45. The minimum atomic E-state index is -0.793. The van der Waals surface area contributed by atoms with Gasteiger partial charge in [-0.3, -0.25) is 9.78 Å². The first kappa shape index (κ1) is 24.3. The van der Waals surface area contributed by atoms with Gasteiger partial charge in [0, 0.05) is 11.6 Å². The third kappa shape index (κ3) is 6.20. The lowest BCUT2D eigenvalue weighted by molar-refractivity contribution is -0.137. The first-order valence-electron chi connectivity index (χ1n) is 11.5. The number of nitrogens with zero attached hydrogens (tertiary/aromatic N) is 3. The third-order valence-corrected chi connectivity index (χ3v) is 5.83. The Bertz CT molecular complexity index is 1250. The molecule has 1 saturated carbocycles. The maximum Gasteiger partial charge on any atom is 0.303 e. The van der Waals surface area contributed by atoms with E-state index in [2.05, 4.69) is 15.0 Å². The molecule has 2 heterocycles. The molecule has 0 unspecified atom stereocenters. The SMILES string of the molecule is COc1cc(-c2ncc(COc3cccc([C@@H](CC(=O)O)C4CC4)c3)nc2C=C(C)C)c(F)cn1. The molecule has 0 bridgehead atoms. The second kappa shape index (κ2) is 10.6. The zero-order chi connectivity index (χ0) is 24.9. The van der Waals surface area contributed by atoms with Crippen molar-refractivity contribution in [3.63, 3.8) is 0 Å². The van der Waals surface area contributed by atoms with Crippen molar-refractivity contribution in [2.45, 2.75) is 45.6 Å². The number of methoxy groups -OCH3 is 1. The highest BCUT2D eigenvalue weighted by atomic mass is 19.1. The van der Waals surface area contributed by atoms with Crippen LogP contribution in [-0.2, 0) is 11.4 Å². The van der Waals surface area contributed by atoms with Gasteiger partial charge in [0.25, 0.3) is 0 Å². The van der Waals surface area contributed by atoms with E-state index < -0.39 is 11.8 Å². The molecule has 0 amide bonds. The zero-order valence-electron chi connectivity index (χ0n) is 20.0. The molecule has 0 saturated heterocycles. The van der Waals surface area contributed by atoms with Gasteiger partial charge < -0.3 is 14.6 Å². The molecule has 3 aromatic rings. The molecular formula is C27H28FN3O4. The van der Waals surface area contributed by atoms with Crippen LogP contribution in [0.25, 0.3) is 17.3 Å². The summed E-state index contributed by atoms with van der Waals surface area (Å²) in [5.74, 6) is 0.0175. The molecule has 7 nitrogen and oxygen atoms in total. The number of aromatic nitrogens is 3. The Morgan fingerprint density at radius 1 is 1.23 bits per heavy atom. The number of benzene rings is 1. The molecule has 0 aliphatic heterocycles. The van der Waals surface area contributed by atoms with Gasteiger partial charge in [-0.25, -0.2) is 14.4 Å². The molecule has 0 spiro atoms. The Morgan fingerprint density at radius 2 is 2.03 bits per heavy atom. The molecule has 35 heavy (non-hydrogen) atoms. The molecule has 1 N–H and O–H groups in total. The minimum Gasteiger partial charge on any atom is -0.487 e. The van der Waals surface area contributed by atoms with Crippen LogP contribution in [0.15, 0.2) is 48.3 Å². The third-order valence-electron chi connectivity index (χ3n) is 5.83. The van der Waals surface area contributed by atoms with Gasteiger partial charge in [-0.05, 0) is 62.3 Å². The average molecular weight is 478 g/mol. The molecule has 0 radical (unpaired) electrons. The summed E-state index contributed by atoms with van der Waals surface area (Å²) in [6.07, 6.45) is 6.73. The lowest BCUT2D eigenvalue weighted by atomic mass is 9.91. The van der Waals surface area contributed by atoms with E-state index >= 15 is 0 Å². The number of aliphatic carboxylic acids is 1. The van der Waals surface area contributed by atoms with Gasteiger partial charge in [0.1, 0.15) is 12.4 Å². The maximum atomic E-state index is 14.6. The Hall–Kier alpha value is -3.81. The predicted octanol–water partition coefficient (Wildman–Crippen LogP) is 5.66. The maximum absolute atomic E-state index is 14.6. The number of carboxylic acid groups (broad SMARTS) is 1. The van der Waals surface area contributed by atoms with Gasteiger partial charge in [0.15, 0.2) is 5.82 Å². The predicted molar refractivity (Wildman–Crippen MR) is 130 cm³/mol. The van der Waals surface area contributed by atoms with Crippen molar-refractivity contribution in [2.75, 3.05) is 7.11 Å². The Kier molecular flexibility index (Phi) is 7.39. The first-order chi connectivity index (χ1) is 16.8. The van der Waals surface area contributed by atoms with Crippen molar-refractivity contribution < 1.29 is 23.8 Å². The normalized spacial score (nSPS) is 13.7. The summed E-state index contributed by atoms with van der Waals surface area (Å²) in [4.78, 5) is 24.4. The summed E-state index contributed by atoms with van der Waals surface area (Å²) >= 11 is 0. The van der Waals surface area contributed by atoms with Gasteiger partial charge >= 0.3 is 5.97 Å². The fraction of sp³-hybridized carbons (Fsp3) is 0.333. The minimum absolute atomic E-state index is 0.00774. The number of ether oxygens (including phenoxy) is 2. The highest BCUT2D eigenvalue weighted by Gasteiger charge is 2.33. The topological polar surface area (TPSA) is 94.4 Å². The summed E-state index contributed by atoms with van der Waals surface area (Å²) in [6.45, 7) is 4.02. The van der Waals surface area contributed by atoms with E-state index in [0.29, 0.717) is 28.7 Å². The van der Waals surface area contributed by atoms with Crippen LogP contribution >= 0.6 is 0 Å². The van der Waals surface area contributed by atoms with E-state index in [0.717, 1.165) is 30.2 Å². The van der Waals surface area contributed by atoms with Gasteiger partial charge in [0.05, 0.1) is 43.0 Å². The molecule has 8 heteroatoms. The highest BCUT2D eigenvalue weighted by molar-refractivity contribution is 5.71. The summed E-state index contributed by atoms with van der Waals surface area (Å²) in [7, 11) is 1.47. The summed E-state index contributed by atoms with van der Waals surface area (Å²) in [6, 6.07) is 9.08. The Morgan fingerprint density at radius 3 is 2.71 bits per heavy atom. The number of hydrogen-bond donors (Lipinski definition) is 1. The van der Waals surface area contributed by atoms with Gasteiger partial charge in [0.2, 0.25) is 5.88 Å². The van der Waals surface area contributed by atoms with E-state index in [9.17, 15) is 14.3 Å². The largest absolute Gasteiger partial charge is 0.487 e. The van der Waals surface area contributed by atoms with Gasteiger partial charge in [-0.1, -0.05) is 17.7 Å². The van der Waals surface area contributed by atoms with E-state index in [4.69, 9.17) is 9.47 Å². The second-order valence-corrected chi connectivity index (χ2v) is 8.93. The number of rotatable bonds is 10. The Balaban J connectivity index is 1.57. The molecule has 2 aromatic heterocycles. The molecule has 1 fully saturated rings. The van der Waals surface area contributed by atoms with Crippen molar-refractivity contribution >= 4 is 12.0 Å². The molecule has 1 aliphatic carbocycles. The van der Waals surface area contributed by atoms with Crippen molar-refractivity contribution in [3.05, 3.63) is 71.1 Å². The molecule has 1 atom stereocenters. The number of pyridine rings is 1. The standard InChI is InChI=1S/C27H28FN3O4/c1-16(2)9-24-27(22-11-25(34-3)29-14-23(22)28)30-13-19(31-24)15-35-20-6-4-5-18(10-20)21(12-26(32)33)17-7-8-17/h4-6,9-11,13-14,17,21H,7-8,12,15H2,1-3H3,(H,32,33)/t21-/m0/s1. The number of carbonyl (C=O) groups is 1. The van der Waals surface area contributed by atoms with Crippen LogP contribution in [0, 0.1) is 11.7 Å². The Labute approximate surface area is 203 Å². The van der Waals surface area contributed by atoms with Crippen LogP contribution in [0.2, 0.25) is 0 Å². The fourth-order valence-electron chi connectivity index (χ4n) is 4.04. The average Bonchev–Trinajstić information content (AvgIpc) is 3.67. The molecule has 4 rings (SSSR count). The summed E-state index contributed by atoms with van der Waals surface area (Å²) in [5.41, 5.74) is 3.69. The van der Waals surface area contributed by atoms with Crippen LogP contribution in [0.1, 0.15) is 56.0 Å². The fourth-order valence-corrected chi connectivity index (χ4v) is 4.04. The van der Waals surface area contributed by atoms with Crippen LogP contribution < -0.4 is 9.47 Å².